The predicted octanol–water partition coefficient (Wildman–Crippen LogP) is 0.982. The first-order valence-electron chi connectivity index (χ1n) is 9.17. The van der Waals surface area contributed by atoms with Crippen molar-refractivity contribution in [3.05, 3.63) is 28.8 Å². The first kappa shape index (κ1) is 20.1. The minimum atomic E-state index is -0.791. The molecule has 9 heteroatoms. The van der Waals surface area contributed by atoms with E-state index in [9.17, 15) is 24.0 Å². The first-order chi connectivity index (χ1) is 13.9. The normalized spacial score (nSPS) is 17.8. The minimum absolute atomic E-state index is 0.0222. The van der Waals surface area contributed by atoms with Crippen LogP contribution >= 0.6 is 0 Å². The van der Waals surface area contributed by atoms with Crippen molar-refractivity contribution >= 4 is 29.7 Å². The Morgan fingerprint density at radius 3 is 2.69 bits per heavy atom. The van der Waals surface area contributed by atoms with Crippen molar-refractivity contribution < 1.29 is 28.7 Å². The Morgan fingerprint density at radius 1 is 1.17 bits per heavy atom. The Balaban J connectivity index is 1.82. The van der Waals surface area contributed by atoms with Crippen molar-refractivity contribution in [2.45, 2.75) is 38.0 Å². The van der Waals surface area contributed by atoms with E-state index in [0.717, 1.165) is 6.42 Å². The zero-order valence-corrected chi connectivity index (χ0v) is 15.5. The summed E-state index contributed by atoms with van der Waals surface area (Å²) in [6, 6.07) is 2.80. The summed E-state index contributed by atoms with van der Waals surface area (Å²) in [5, 5.41) is 6.94. The molecule has 29 heavy (non-hydrogen) atoms. The molecule has 2 aliphatic heterocycles. The monoisotopic (exact) mass is 397 g/mol. The van der Waals surface area contributed by atoms with Gasteiger partial charge in [-0.3, -0.25) is 29.8 Å². The Labute approximate surface area is 166 Å². The van der Waals surface area contributed by atoms with E-state index in [0.29, 0.717) is 24.9 Å². The highest BCUT2D eigenvalue weighted by Crippen LogP contribution is 2.34. The van der Waals surface area contributed by atoms with Gasteiger partial charge in [-0.25, -0.2) is 4.79 Å². The van der Waals surface area contributed by atoms with Crippen LogP contribution in [0.2, 0.25) is 0 Å². The summed E-state index contributed by atoms with van der Waals surface area (Å²) in [5.41, 5.74) is 0.345. The Kier molecular flexibility index (Phi) is 5.93. The molecule has 0 radical (unpaired) electrons. The van der Waals surface area contributed by atoms with Crippen LogP contribution in [-0.2, 0) is 9.59 Å². The number of nitrogens with one attached hydrogen (secondary N) is 3. The smallest absolute Gasteiger partial charge is 0.409 e. The van der Waals surface area contributed by atoms with Gasteiger partial charge in [0.2, 0.25) is 11.8 Å². The van der Waals surface area contributed by atoms with Gasteiger partial charge in [-0.1, -0.05) is 0 Å². The summed E-state index contributed by atoms with van der Waals surface area (Å²) in [4.78, 5) is 59.9. The van der Waals surface area contributed by atoms with E-state index in [4.69, 9.17) is 11.2 Å². The van der Waals surface area contributed by atoms with Crippen LogP contribution in [0.15, 0.2) is 12.1 Å². The quantitative estimate of drug-likeness (QED) is 0.373. The van der Waals surface area contributed by atoms with Crippen LogP contribution in [0.5, 0.6) is 5.75 Å². The minimum Gasteiger partial charge on any atom is -0.409 e. The second-order valence-electron chi connectivity index (χ2n) is 6.71. The Hall–Kier alpha value is -3.67. The maximum atomic E-state index is 12.2. The van der Waals surface area contributed by atoms with E-state index in [2.05, 4.69) is 21.9 Å². The number of hydrogen-bond donors (Lipinski definition) is 3. The summed E-state index contributed by atoms with van der Waals surface area (Å²) in [5.74, 6) is -0.517. The lowest BCUT2D eigenvalue weighted by Gasteiger charge is -2.22. The highest BCUT2D eigenvalue weighted by atomic mass is 16.6. The van der Waals surface area contributed by atoms with Gasteiger partial charge in [0, 0.05) is 19.4 Å². The Bertz CT molecular complexity index is 946. The van der Waals surface area contributed by atoms with Crippen molar-refractivity contribution in [2.24, 2.45) is 0 Å². The van der Waals surface area contributed by atoms with Crippen molar-refractivity contribution in [2.75, 3.05) is 6.54 Å². The van der Waals surface area contributed by atoms with Gasteiger partial charge in [0.15, 0.2) is 0 Å². The molecule has 3 rings (SSSR count). The van der Waals surface area contributed by atoms with Crippen molar-refractivity contribution in [3.8, 4) is 18.1 Å². The first-order valence-corrected chi connectivity index (χ1v) is 9.17. The van der Waals surface area contributed by atoms with Gasteiger partial charge in [-0.05, 0) is 37.0 Å². The van der Waals surface area contributed by atoms with Crippen LogP contribution in [0.25, 0.3) is 0 Å². The number of fused-ring (bicyclic) bond motifs is 1. The Morgan fingerprint density at radius 2 is 1.97 bits per heavy atom. The van der Waals surface area contributed by atoms with Crippen LogP contribution in [0, 0.1) is 12.3 Å². The van der Waals surface area contributed by atoms with E-state index >= 15 is 0 Å². The third-order valence-corrected chi connectivity index (χ3v) is 4.68. The molecule has 0 bridgehead atoms. The van der Waals surface area contributed by atoms with Crippen LogP contribution in [-0.4, -0.2) is 36.3 Å². The summed E-state index contributed by atoms with van der Waals surface area (Å²) < 4.78 is 5.27. The molecule has 2 aliphatic rings. The van der Waals surface area contributed by atoms with Crippen LogP contribution < -0.4 is 20.7 Å². The molecule has 0 aliphatic carbocycles. The van der Waals surface area contributed by atoms with E-state index in [1.807, 2.05) is 0 Å². The summed E-state index contributed by atoms with van der Waals surface area (Å²) in [6.07, 6.45) is 6.77. The number of benzene rings is 1. The number of rotatable bonds is 6. The number of unbranched alkanes of at least 4 members (excludes halogenated alkanes) is 2. The molecule has 9 nitrogen and oxygen atoms in total. The molecular formula is C20H19N3O6. The molecule has 0 aromatic heterocycles. The van der Waals surface area contributed by atoms with Gasteiger partial charge in [-0.2, -0.15) is 0 Å². The van der Waals surface area contributed by atoms with Gasteiger partial charge in [0.25, 0.3) is 11.8 Å². The predicted molar refractivity (Wildman–Crippen MR) is 100 cm³/mol. The summed E-state index contributed by atoms with van der Waals surface area (Å²) in [6.45, 7) is 0.334. The SMILES string of the molecule is C#CCCCCNC(=O)Oc1cc(C2CCC(=O)NC2=O)cc2c1C(=O)NC2=O. The zero-order chi connectivity index (χ0) is 21.0. The molecule has 5 amide bonds. The molecule has 1 unspecified atom stereocenters. The fraction of sp³-hybridized carbons (Fsp3) is 0.350. The molecule has 1 aromatic rings. The molecule has 1 aromatic carbocycles. The van der Waals surface area contributed by atoms with E-state index in [1.54, 1.807) is 0 Å². The number of hydrogen-bond acceptors (Lipinski definition) is 6. The van der Waals surface area contributed by atoms with Crippen molar-refractivity contribution in [3.63, 3.8) is 0 Å². The third kappa shape index (κ3) is 4.43. The molecule has 150 valence electrons. The van der Waals surface area contributed by atoms with Gasteiger partial charge < -0.3 is 10.1 Å². The molecule has 0 saturated carbocycles. The zero-order valence-electron chi connectivity index (χ0n) is 15.5. The van der Waals surface area contributed by atoms with Gasteiger partial charge in [0.1, 0.15) is 5.75 Å². The molecule has 1 saturated heterocycles. The average molecular weight is 397 g/mol. The fourth-order valence-electron chi connectivity index (χ4n) is 3.25. The maximum Gasteiger partial charge on any atom is 0.412 e. The molecule has 2 heterocycles. The summed E-state index contributed by atoms with van der Waals surface area (Å²) in [7, 11) is 0. The van der Waals surface area contributed by atoms with Crippen LogP contribution in [0.1, 0.15) is 64.3 Å². The van der Waals surface area contributed by atoms with Gasteiger partial charge in [0.05, 0.1) is 17.0 Å². The van der Waals surface area contributed by atoms with Crippen molar-refractivity contribution in [1.29, 1.82) is 0 Å². The van der Waals surface area contributed by atoms with Gasteiger partial charge in [-0.15, -0.1) is 12.3 Å². The second kappa shape index (κ2) is 8.56. The topological polar surface area (TPSA) is 131 Å². The molecule has 1 atom stereocenters. The lowest BCUT2D eigenvalue weighted by molar-refractivity contribution is -0.134. The summed E-state index contributed by atoms with van der Waals surface area (Å²) >= 11 is 0. The van der Waals surface area contributed by atoms with Crippen LogP contribution in [0.4, 0.5) is 4.79 Å². The number of imide groups is 2. The number of terminal acetylenes is 1. The molecule has 3 N–H and O–H groups in total. The maximum absolute atomic E-state index is 12.2. The van der Waals surface area contributed by atoms with Crippen molar-refractivity contribution in [1.82, 2.24) is 16.0 Å². The third-order valence-electron chi connectivity index (χ3n) is 4.68. The van der Waals surface area contributed by atoms with E-state index in [-0.39, 0.29) is 35.6 Å². The molecule has 1 fully saturated rings. The number of amides is 5. The lowest BCUT2D eigenvalue weighted by atomic mass is 9.88. The second-order valence-corrected chi connectivity index (χ2v) is 6.71. The largest absolute Gasteiger partial charge is 0.412 e. The van der Waals surface area contributed by atoms with E-state index in [1.165, 1.54) is 12.1 Å². The average Bonchev–Trinajstić information content (AvgIpc) is 2.95. The van der Waals surface area contributed by atoms with E-state index < -0.39 is 29.7 Å². The molecule has 0 spiro atoms. The highest BCUT2D eigenvalue weighted by molar-refractivity contribution is 6.23. The lowest BCUT2D eigenvalue weighted by Crippen LogP contribution is -2.39. The van der Waals surface area contributed by atoms with Crippen LogP contribution in [0.3, 0.4) is 0 Å². The number of ether oxygens (including phenoxy) is 1. The highest BCUT2D eigenvalue weighted by Gasteiger charge is 2.35. The number of carbonyl (C=O) groups excluding carboxylic acids is 5. The standard InChI is InChI=1S/C20H19N3O6/c1-2-3-4-5-8-21-20(28)29-14-10-11(12-6-7-15(24)22-17(12)25)9-13-16(14)19(27)23-18(13)26/h1,9-10,12H,3-8H2,(H,21,28)(H,22,24,25)(H,23,26,27). The number of piperidine rings is 1. The number of carbonyl (C=O) groups is 5. The van der Waals surface area contributed by atoms with Gasteiger partial charge >= 0.3 is 6.09 Å². The molecular weight excluding hydrogens is 378 g/mol. The fourth-order valence-corrected chi connectivity index (χ4v) is 3.25.